The fourth-order valence-corrected chi connectivity index (χ4v) is 4.20. The van der Waals surface area contributed by atoms with Gasteiger partial charge in [-0.15, -0.1) is 11.3 Å². The number of thiazole rings is 1. The van der Waals surface area contributed by atoms with E-state index in [-0.39, 0.29) is 5.91 Å². The zero-order chi connectivity index (χ0) is 19.5. The monoisotopic (exact) mass is 413 g/mol. The maximum absolute atomic E-state index is 12.3. The van der Waals surface area contributed by atoms with Gasteiger partial charge in [-0.25, -0.2) is 4.98 Å². The van der Waals surface area contributed by atoms with E-state index < -0.39 is 0 Å². The van der Waals surface area contributed by atoms with Crippen molar-refractivity contribution in [1.82, 2.24) is 9.88 Å². The molecule has 3 aromatic rings. The molecule has 1 aromatic heterocycles. The first kappa shape index (κ1) is 18.9. The third-order valence-corrected chi connectivity index (χ3v) is 5.79. The first-order valence-electron chi connectivity index (χ1n) is 9.00. The lowest BCUT2D eigenvalue weighted by Crippen LogP contribution is -2.30. The second kappa shape index (κ2) is 8.31. The number of ether oxygens (including phenoxy) is 1. The van der Waals surface area contributed by atoms with Crippen molar-refractivity contribution in [2.45, 2.75) is 19.5 Å². The van der Waals surface area contributed by atoms with Crippen LogP contribution in [0.3, 0.4) is 0 Å². The molecule has 5 nitrogen and oxygen atoms in total. The third-order valence-electron chi connectivity index (χ3n) is 4.75. The normalized spacial score (nSPS) is 13.8. The molecule has 0 radical (unpaired) electrons. The van der Waals surface area contributed by atoms with Gasteiger partial charge < -0.3 is 4.74 Å². The molecule has 1 aliphatic rings. The number of hydrogen-bond acceptors (Lipinski definition) is 5. The Balaban J connectivity index is 1.38. The van der Waals surface area contributed by atoms with Gasteiger partial charge in [0.2, 0.25) is 0 Å². The van der Waals surface area contributed by atoms with Gasteiger partial charge in [0.05, 0.1) is 12.8 Å². The minimum absolute atomic E-state index is 0.204. The predicted molar refractivity (Wildman–Crippen MR) is 112 cm³/mol. The van der Waals surface area contributed by atoms with Gasteiger partial charge in [0.1, 0.15) is 5.75 Å². The number of benzene rings is 2. The summed E-state index contributed by atoms with van der Waals surface area (Å²) >= 11 is 7.39. The molecule has 1 aliphatic heterocycles. The first-order chi connectivity index (χ1) is 13.6. The SMILES string of the molecule is COc1ccc2c(c1)CCN(Cc1csc(NC(=O)c3cccc(Cl)c3)n1)C2. The van der Waals surface area contributed by atoms with Crippen molar-refractivity contribution in [3.63, 3.8) is 0 Å². The highest BCUT2D eigenvalue weighted by Gasteiger charge is 2.18. The van der Waals surface area contributed by atoms with Gasteiger partial charge in [-0.2, -0.15) is 0 Å². The van der Waals surface area contributed by atoms with Crippen molar-refractivity contribution >= 4 is 34.0 Å². The van der Waals surface area contributed by atoms with E-state index in [1.54, 1.807) is 31.4 Å². The molecule has 0 bridgehead atoms. The summed E-state index contributed by atoms with van der Waals surface area (Å²) in [6.07, 6.45) is 0.995. The van der Waals surface area contributed by atoms with Gasteiger partial charge in [-0.05, 0) is 47.9 Å². The Hall–Kier alpha value is -2.41. The lowest BCUT2D eigenvalue weighted by Gasteiger charge is -2.28. The second-order valence-electron chi connectivity index (χ2n) is 6.70. The van der Waals surface area contributed by atoms with Gasteiger partial charge in [0.25, 0.3) is 5.91 Å². The average molecular weight is 414 g/mol. The summed E-state index contributed by atoms with van der Waals surface area (Å²) in [5.74, 6) is 0.705. The number of carbonyl (C=O) groups is 1. The van der Waals surface area contributed by atoms with Gasteiger partial charge in [0, 0.05) is 35.6 Å². The smallest absolute Gasteiger partial charge is 0.257 e. The molecule has 28 heavy (non-hydrogen) atoms. The highest BCUT2D eigenvalue weighted by Crippen LogP contribution is 2.25. The molecule has 0 saturated heterocycles. The van der Waals surface area contributed by atoms with Crippen LogP contribution in [0.15, 0.2) is 47.8 Å². The highest BCUT2D eigenvalue weighted by molar-refractivity contribution is 7.14. The van der Waals surface area contributed by atoms with Crippen LogP contribution in [0.25, 0.3) is 0 Å². The number of carbonyl (C=O) groups excluding carboxylic acids is 1. The van der Waals surface area contributed by atoms with Gasteiger partial charge >= 0.3 is 0 Å². The lowest BCUT2D eigenvalue weighted by atomic mass is 9.99. The summed E-state index contributed by atoms with van der Waals surface area (Å²) in [6.45, 7) is 2.62. The maximum atomic E-state index is 12.3. The molecule has 0 aliphatic carbocycles. The molecule has 0 spiro atoms. The molecular weight excluding hydrogens is 394 g/mol. The number of nitrogens with one attached hydrogen (secondary N) is 1. The molecule has 2 aromatic carbocycles. The van der Waals surface area contributed by atoms with Crippen molar-refractivity contribution < 1.29 is 9.53 Å². The van der Waals surface area contributed by atoms with E-state index >= 15 is 0 Å². The molecule has 2 heterocycles. The zero-order valence-corrected chi connectivity index (χ0v) is 17.0. The molecule has 4 rings (SSSR count). The van der Waals surface area contributed by atoms with E-state index in [4.69, 9.17) is 16.3 Å². The second-order valence-corrected chi connectivity index (χ2v) is 8.00. The van der Waals surface area contributed by atoms with Crippen LogP contribution in [0.1, 0.15) is 27.2 Å². The standard InChI is InChI=1S/C21H20ClN3O2S/c1-27-19-6-5-16-11-25(8-7-14(16)10-19)12-18-13-28-21(23-18)24-20(26)15-3-2-4-17(22)9-15/h2-6,9-10,13H,7-8,11-12H2,1H3,(H,23,24,26). The minimum atomic E-state index is -0.204. The Morgan fingerprint density at radius 1 is 1.29 bits per heavy atom. The van der Waals surface area contributed by atoms with Crippen LogP contribution in [-0.4, -0.2) is 29.4 Å². The Morgan fingerprint density at radius 2 is 2.18 bits per heavy atom. The molecule has 0 atom stereocenters. The number of fused-ring (bicyclic) bond motifs is 1. The highest BCUT2D eigenvalue weighted by atomic mass is 35.5. The fraction of sp³-hybridized carbons (Fsp3) is 0.238. The molecule has 0 fully saturated rings. The van der Waals surface area contributed by atoms with Crippen molar-refractivity contribution in [3.8, 4) is 5.75 Å². The van der Waals surface area contributed by atoms with Gasteiger partial charge in [-0.3, -0.25) is 15.0 Å². The van der Waals surface area contributed by atoms with E-state index in [0.717, 1.165) is 37.5 Å². The summed E-state index contributed by atoms with van der Waals surface area (Å²) in [5, 5.41) is 5.98. The minimum Gasteiger partial charge on any atom is -0.497 e. The van der Waals surface area contributed by atoms with Crippen LogP contribution in [0.2, 0.25) is 5.02 Å². The van der Waals surface area contributed by atoms with E-state index in [2.05, 4.69) is 27.3 Å². The summed E-state index contributed by atoms with van der Waals surface area (Å²) in [4.78, 5) is 19.3. The Labute approximate surface area is 172 Å². The molecule has 1 N–H and O–H groups in total. The Kier molecular flexibility index (Phi) is 5.62. The number of nitrogens with zero attached hydrogens (tertiary/aromatic N) is 2. The first-order valence-corrected chi connectivity index (χ1v) is 10.3. The van der Waals surface area contributed by atoms with Crippen LogP contribution in [0, 0.1) is 0 Å². The maximum Gasteiger partial charge on any atom is 0.257 e. The Morgan fingerprint density at radius 3 is 3.00 bits per heavy atom. The molecule has 1 amide bonds. The number of rotatable bonds is 5. The molecule has 0 saturated carbocycles. The lowest BCUT2D eigenvalue weighted by molar-refractivity contribution is 0.102. The van der Waals surface area contributed by atoms with Crippen molar-refractivity contribution in [2.75, 3.05) is 19.0 Å². The van der Waals surface area contributed by atoms with Gasteiger partial charge in [-0.1, -0.05) is 23.7 Å². The number of halogens is 1. The summed E-state index contributed by atoms with van der Waals surface area (Å²) < 4.78 is 5.31. The van der Waals surface area contributed by atoms with Crippen molar-refractivity contribution in [2.24, 2.45) is 0 Å². The van der Waals surface area contributed by atoms with E-state index in [1.807, 2.05) is 11.4 Å². The van der Waals surface area contributed by atoms with Crippen LogP contribution in [0.4, 0.5) is 5.13 Å². The third kappa shape index (κ3) is 4.35. The number of methoxy groups -OCH3 is 1. The molecule has 144 valence electrons. The molecule has 0 unspecified atom stereocenters. The fourth-order valence-electron chi connectivity index (χ4n) is 3.31. The zero-order valence-electron chi connectivity index (χ0n) is 15.4. The van der Waals surface area contributed by atoms with Crippen LogP contribution in [-0.2, 0) is 19.5 Å². The largest absolute Gasteiger partial charge is 0.497 e. The van der Waals surface area contributed by atoms with E-state index in [9.17, 15) is 4.79 Å². The van der Waals surface area contributed by atoms with Crippen LogP contribution < -0.4 is 10.1 Å². The van der Waals surface area contributed by atoms with Crippen molar-refractivity contribution in [1.29, 1.82) is 0 Å². The summed E-state index contributed by atoms with van der Waals surface area (Å²) in [6, 6.07) is 13.1. The van der Waals surface area contributed by atoms with Crippen LogP contribution >= 0.6 is 22.9 Å². The van der Waals surface area contributed by atoms with E-state index in [1.165, 1.54) is 22.5 Å². The quantitative estimate of drug-likeness (QED) is 0.663. The van der Waals surface area contributed by atoms with E-state index in [0.29, 0.717) is 15.7 Å². The topological polar surface area (TPSA) is 54.5 Å². The average Bonchev–Trinajstić information content (AvgIpc) is 3.14. The molecule has 7 heteroatoms. The van der Waals surface area contributed by atoms with Gasteiger partial charge in [0.15, 0.2) is 5.13 Å². The van der Waals surface area contributed by atoms with Crippen LogP contribution in [0.5, 0.6) is 5.75 Å². The number of aromatic nitrogens is 1. The number of amides is 1. The number of hydrogen-bond donors (Lipinski definition) is 1. The Bertz CT molecular complexity index is 1000. The van der Waals surface area contributed by atoms with Crippen molar-refractivity contribution in [3.05, 3.63) is 75.3 Å². The number of anilines is 1. The summed E-state index contributed by atoms with van der Waals surface area (Å²) in [7, 11) is 1.70. The predicted octanol–water partition coefficient (Wildman–Crippen LogP) is 4.62. The summed E-state index contributed by atoms with van der Waals surface area (Å²) in [5.41, 5.74) is 4.16. The molecular formula is C21H20ClN3O2S.